The Kier molecular flexibility index (Phi) is 2.32. The molecule has 2 aromatic rings. The molecular formula is C11H13NS. The largest absolute Gasteiger partial charge is 0.350 e. The lowest BCUT2D eigenvalue weighted by Crippen LogP contribution is -1.79. The van der Waals surface area contributed by atoms with Gasteiger partial charge in [0.1, 0.15) is 0 Å². The number of rotatable bonds is 2. The Morgan fingerprint density at radius 2 is 2.08 bits per heavy atom. The fraction of sp³-hybridized carbons (Fsp3) is 0.273. The number of aromatic nitrogens is 1. The van der Waals surface area contributed by atoms with E-state index in [0.29, 0.717) is 0 Å². The number of para-hydroxylation sites is 1. The highest BCUT2D eigenvalue weighted by atomic mass is 32.2. The molecule has 1 heterocycles. The van der Waals surface area contributed by atoms with E-state index in [-0.39, 0.29) is 0 Å². The molecule has 0 aliphatic heterocycles. The smallest absolute Gasteiger partial charge is 0.0762 e. The van der Waals surface area contributed by atoms with Crippen LogP contribution in [-0.2, 0) is 6.42 Å². The molecule has 1 N–H and O–H groups in total. The summed E-state index contributed by atoms with van der Waals surface area (Å²) in [4.78, 5) is 3.43. The van der Waals surface area contributed by atoms with Crippen molar-refractivity contribution in [2.45, 2.75) is 18.4 Å². The highest BCUT2D eigenvalue weighted by molar-refractivity contribution is 7.98. The van der Waals surface area contributed by atoms with Crippen molar-refractivity contribution < 1.29 is 0 Å². The standard InChI is InChI=1S/C11H13NS/c1-3-8-9-6-4-5-7-10(9)12-11(8)13-2/h4-7,12H,3H2,1-2H3. The molecule has 0 spiro atoms. The summed E-state index contributed by atoms with van der Waals surface area (Å²) in [5.41, 5.74) is 2.70. The second-order valence-corrected chi connectivity index (χ2v) is 3.85. The van der Waals surface area contributed by atoms with E-state index in [1.54, 1.807) is 11.8 Å². The summed E-state index contributed by atoms with van der Waals surface area (Å²) in [6.07, 6.45) is 3.21. The lowest BCUT2D eigenvalue weighted by Gasteiger charge is -1.95. The van der Waals surface area contributed by atoms with Gasteiger partial charge in [0.05, 0.1) is 5.03 Å². The minimum atomic E-state index is 1.10. The molecule has 68 valence electrons. The zero-order chi connectivity index (χ0) is 9.26. The van der Waals surface area contributed by atoms with E-state index in [2.05, 4.69) is 42.4 Å². The first kappa shape index (κ1) is 8.70. The summed E-state index contributed by atoms with van der Waals surface area (Å²) in [5.74, 6) is 0. The topological polar surface area (TPSA) is 15.8 Å². The summed E-state index contributed by atoms with van der Waals surface area (Å²) in [6.45, 7) is 2.20. The Balaban J connectivity index is 2.73. The van der Waals surface area contributed by atoms with Gasteiger partial charge in [-0.3, -0.25) is 0 Å². The van der Waals surface area contributed by atoms with Crippen LogP contribution in [0.25, 0.3) is 10.9 Å². The van der Waals surface area contributed by atoms with Crippen molar-refractivity contribution in [2.75, 3.05) is 6.26 Å². The SMILES string of the molecule is CCc1c(SC)[nH]c2ccccc12. The van der Waals surface area contributed by atoms with E-state index < -0.39 is 0 Å². The van der Waals surface area contributed by atoms with Gasteiger partial charge >= 0.3 is 0 Å². The third-order valence-electron chi connectivity index (χ3n) is 2.33. The minimum Gasteiger partial charge on any atom is -0.350 e. The van der Waals surface area contributed by atoms with Crippen LogP contribution in [0.15, 0.2) is 29.3 Å². The number of aromatic amines is 1. The number of H-pyrrole nitrogens is 1. The summed E-state index contributed by atoms with van der Waals surface area (Å²) in [7, 11) is 0. The average Bonchev–Trinajstić information content (AvgIpc) is 2.55. The molecule has 1 nitrogen and oxygen atoms in total. The van der Waals surface area contributed by atoms with Gasteiger partial charge in [-0.1, -0.05) is 25.1 Å². The normalized spacial score (nSPS) is 10.9. The van der Waals surface area contributed by atoms with Gasteiger partial charge in [0.2, 0.25) is 0 Å². The van der Waals surface area contributed by atoms with E-state index in [9.17, 15) is 0 Å². The third kappa shape index (κ3) is 1.35. The molecule has 0 saturated carbocycles. The number of hydrogen-bond acceptors (Lipinski definition) is 1. The number of thioether (sulfide) groups is 1. The van der Waals surface area contributed by atoms with Gasteiger partial charge in [0, 0.05) is 10.9 Å². The van der Waals surface area contributed by atoms with E-state index in [1.165, 1.54) is 21.5 Å². The zero-order valence-corrected chi connectivity index (χ0v) is 8.74. The van der Waals surface area contributed by atoms with Crippen LogP contribution in [0.3, 0.4) is 0 Å². The number of fused-ring (bicyclic) bond motifs is 1. The van der Waals surface area contributed by atoms with Gasteiger partial charge < -0.3 is 4.98 Å². The molecule has 2 rings (SSSR count). The predicted molar refractivity (Wildman–Crippen MR) is 59.5 cm³/mol. The first-order valence-corrected chi connectivity index (χ1v) is 5.73. The fourth-order valence-electron chi connectivity index (χ4n) is 1.70. The summed E-state index contributed by atoms with van der Waals surface area (Å²) >= 11 is 1.79. The van der Waals surface area contributed by atoms with Gasteiger partial charge in [0.25, 0.3) is 0 Å². The molecule has 0 radical (unpaired) electrons. The molecule has 2 heteroatoms. The van der Waals surface area contributed by atoms with E-state index >= 15 is 0 Å². The van der Waals surface area contributed by atoms with Crippen molar-refractivity contribution in [3.8, 4) is 0 Å². The molecule has 0 bridgehead atoms. The zero-order valence-electron chi connectivity index (χ0n) is 7.92. The summed E-state index contributed by atoms with van der Waals surface area (Å²) < 4.78 is 0. The van der Waals surface area contributed by atoms with Crippen LogP contribution in [0.5, 0.6) is 0 Å². The van der Waals surface area contributed by atoms with Crippen LogP contribution in [0, 0.1) is 0 Å². The molecule has 0 saturated heterocycles. The lowest BCUT2D eigenvalue weighted by atomic mass is 10.1. The maximum atomic E-state index is 3.43. The number of hydrogen-bond donors (Lipinski definition) is 1. The molecule has 1 aromatic carbocycles. The highest BCUT2D eigenvalue weighted by Gasteiger charge is 2.07. The van der Waals surface area contributed by atoms with Crippen LogP contribution in [0.1, 0.15) is 12.5 Å². The Labute approximate surface area is 82.5 Å². The van der Waals surface area contributed by atoms with Crippen molar-refractivity contribution >= 4 is 22.7 Å². The van der Waals surface area contributed by atoms with Crippen LogP contribution in [0.2, 0.25) is 0 Å². The summed E-state index contributed by atoms with van der Waals surface area (Å²) in [5, 5.41) is 2.68. The second kappa shape index (κ2) is 3.46. The first-order valence-electron chi connectivity index (χ1n) is 4.50. The van der Waals surface area contributed by atoms with Crippen LogP contribution in [-0.4, -0.2) is 11.2 Å². The van der Waals surface area contributed by atoms with Crippen molar-refractivity contribution in [2.24, 2.45) is 0 Å². The minimum absolute atomic E-state index is 1.10. The first-order chi connectivity index (χ1) is 6.36. The Bertz CT molecular complexity index is 417. The maximum Gasteiger partial charge on any atom is 0.0762 e. The van der Waals surface area contributed by atoms with Gasteiger partial charge in [-0.2, -0.15) is 0 Å². The molecule has 0 aliphatic carbocycles. The highest BCUT2D eigenvalue weighted by Crippen LogP contribution is 2.28. The molecule has 0 unspecified atom stereocenters. The van der Waals surface area contributed by atoms with Gasteiger partial charge in [-0.25, -0.2) is 0 Å². The second-order valence-electron chi connectivity index (χ2n) is 3.04. The van der Waals surface area contributed by atoms with E-state index in [1.807, 2.05) is 0 Å². The number of aryl methyl sites for hydroxylation is 1. The Morgan fingerprint density at radius 1 is 1.31 bits per heavy atom. The van der Waals surface area contributed by atoms with Gasteiger partial charge in [-0.15, -0.1) is 11.8 Å². The number of benzene rings is 1. The van der Waals surface area contributed by atoms with Crippen molar-refractivity contribution in [1.82, 2.24) is 4.98 Å². The molecule has 0 aliphatic rings. The molecule has 0 fully saturated rings. The fourth-order valence-corrected chi connectivity index (χ4v) is 2.41. The molecule has 13 heavy (non-hydrogen) atoms. The maximum absolute atomic E-state index is 3.43. The molecule has 0 amide bonds. The lowest BCUT2D eigenvalue weighted by molar-refractivity contribution is 1.07. The monoisotopic (exact) mass is 191 g/mol. The van der Waals surface area contributed by atoms with E-state index in [0.717, 1.165) is 6.42 Å². The average molecular weight is 191 g/mol. The van der Waals surface area contributed by atoms with E-state index in [4.69, 9.17) is 0 Å². The van der Waals surface area contributed by atoms with Crippen LogP contribution >= 0.6 is 11.8 Å². The van der Waals surface area contributed by atoms with Crippen LogP contribution < -0.4 is 0 Å². The van der Waals surface area contributed by atoms with Crippen molar-refractivity contribution in [1.29, 1.82) is 0 Å². The summed E-state index contributed by atoms with van der Waals surface area (Å²) in [6, 6.07) is 8.49. The molecule has 1 aromatic heterocycles. The predicted octanol–water partition coefficient (Wildman–Crippen LogP) is 3.45. The van der Waals surface area contributed by atoms with Gasteiger partial charge in [0.15, 0.2) is 0 Å². The quantitative estimate of drug-likeness (QED) is 0.719. The number of nitrogens with one attached hydrogen (secondary N) is 1. The Morgan fingerprint density at radius 3 is 2.77 bits per heavy atom. The third-order valence-corrected chi connectivity index (χ3v) is 3.09. The van der Waals surface area contributed by atoms with Crippen molar-refractivity contribution in [3.05, 3.63) is 29.8 Å². The van der Waals surface area contributed by atoms with Crippen LogP contribution in [0.4, 0.5) is 0 Å². The molecule has 0 atom stereocenters. The van der Waals surface area contributed by atoms with Gasteiger partial charge in [-0.05, 0) is 24.3 Å². The molecular weight excluding hydrogens is 178 g/mol. The van der Waals surface area contributed by atoms with Crippen molar-refractivity contribution in [3.63, 3.8) is 0 Å². The Hall–Kier alpha value is -0.890.